The van der Waals surface area contributed by atoms with Crippen molar-refractivity contribution in [3.05, 3.63) is 59.8 Å². The SMILES string of the molecule is O=S(=O)(Nc1cccc(C(F)(F)F)c1)c1ccc2c(c1)-c1oncc1CO2. The second-order valence-electron chi connectivity index (χ2n) is 5.81. The Balaban J connectivity index is 1.69. The molecule has 0 fully saturated rings. The highest BCUT2D eigenvalue weighted by atomic mass is 32.2. The van der Waals surface area contributed by atoms with Crippen LogP contribution in [0.3, 0.4) is 0 Å². The van der Waals surface area contributed by atoms with E-state index in [1.54, 1.807) is 0 Å². The summed E-state index contributed by atoms with van der Waals surface area (Å²) in [6.07, 6.45) is -3.10. The maximum Gasteiger partial charge on any atom is 0.416 e. The fourth-order valence-electron chi connectivity index (χ4n) is 2.69. The summed E-state index contributed by atoms with van der Waals surface area (Å²) in [5, 5.41) is 3.67. The van der Waals surface area contributed by atoms with E-state index in [2.05, 4.69) is 9.88 Å². The second-order valence-corrected chi connectivity index (χ2v) is 7.49. The van der Waals surface area contributed by atoms with E-state index in [1.165, 1.54) is 30.5 Å². The Morgan fingerprint density at radius 2 is 1.93 bits per heavy atom. The first-order valence-electron chi connectivity index (χ1n) is 7.65. The molecule has 0 spiro atoms. The third kappa shape index (κ3) is 3.23. The Morgan fingerprint density at radius 1 is 1.11 bits per heavy atom. The van der Waals surface area contributed by atoms with Crippen molar-refractivity contribution in [3.63, 3.8) is 0 Å². The van der Waals surface area contributed by atoms with Gasteiger partial charge in [-0.3, -0.25) is 4.72 Å². The maximum absolute atomic E-state index is 12.8. The number of nitrogens with zero attached hydrogens (tertiary/aromatic N) is 1. The van der Waals surface area contributed by atoms with Crippen molar-refractivity contribution in [1.82, 2.24) is 5.16 Å². The summed E-state index contributed by atoms with van der Waals surface area (Å²) in [6, 6.07) is 8.05. The highest BCUT2D eigenvalue weighted by Gasteiger charge is 2.31. The predicted octanol–water partition coefficient (Wildman–Crippen LogP) is 4.05. The van der Waals surface area contributed by atoms with E-state index in [9.17, 15) is 21.6 Å². The molecule has 0 radical (unpaired) electrons. The van der Waals surface area contributed by atoms with Crippen LogP contribution in [0.2, 0.25) is 0 Å². The van der Waals surface area contributed by atoms with Gasteiger partial charge in [0.05, 0.1) is 27.8 Å². The minimum Gasteiger partial charge on any atom is -0.488 e. The van der Waals surface area contributed by atoms with Crippen LogP contribution in [-0.4, -0.2) is 13.6 Å². The first-order valence-corrected chi connectivity index (χ1v) is 9.13. The van der Waals surface area contributed by atoms with Gasteiger partial charge < -0.3 is 9.26 Å². The fraction of sp³-hybridized carbons (Fsp3) is 0.118. The first-order chi connectivity index (χ1) is 12.7. The predicted molar refractivity (Wildman–Crippen MR) is 88.5 cm³/mol. The number of alkyl halides is 3. The van der Waals surface area contributed by atoms with Crippen molar-refractivity contribution in [2.24, 2.45) is 0 Å². The minimum absolute atomic E-state index is 0.147. The van der Waals surface area contributed by atoms with Crippen LogP contribution in [-0.2, 0) is 22.8 Å². The molecule has 140 valence electrons. The molecule has 1 aromatic heterocycles. The Kier molecular flexibility index (Phi) is 3.88. The van der Waals surface area contributed by atoms with Crippen molar-refractivity contribution in [2.45, 2.75) is 17.7 Å². The lowest BCUT2D eigenvalue weighted by Gasteiger charge is -2.17. The van der Waals surface area contributed by atoms with Gasteiger partial charge in [0.2, 0.25) is 0 Å². The van der Waals surface area contributed by atoms with E-state index < -0.39 is 21.8 Å². The number of halogens is 3. The summed E-state index contributed by atoms with van der Waals surface area (Å²) in [7, 11) is -4.13. The largest absolute Gasteiger partial charge is 0.488 e. The highest BCUT2D eigenvalue weighted by molar-refractivity contribution is 7.92. The molecule has 1 N–H and O–H groups in total. The molecule has 1 aliphatic heterocycles. The van der Waals surface area contributed by atoms with Gasteiger partial charge in [-0.15, -0.1) is 0 Å². The van der Waals surface area contributed by atoms with E-state index in [4.69, 9.17) is 9.26 Å². The zero-order valence-electron chi connectivity index (χ0n) is 13.4. The van der Waals surface area contributed by atoms with Crippen LogP contribution in [0.1, 0.15) is 11.1 Å². The molecule has 2 aromatic carbocycles. The quantitative estimate of drug-likeness (QED) is 0.722. The molecule has 3 aromatic rings. The normalized spacial score (nSPS) is 13.4. The molecule has 0 unspecified atom stereocenters. The third-order valence-corrected chi connectivity index (χ3v) is 5.35. The van der Waals surface area contributed by atoms with Gasteiger partial charge in [-0.1, -0.05) is 11.2 Å². The molecule has 27 heavy (non-hydrogen) atoms. The lowest BCUT2D eigenvalue weighted by molar-refractivity contribution is -0.137. The van der Waals surface area contributed by atoms with E-state index >= 15 is 0 Å². The molecule has 0 atom stereocenters. The average molecular weight is 396 g/mol. The summed E-state index contributed by atoms with van der Waals surface area (Å²) in [6.45, 7) is 0.250. The van der Waals surface area contributed by atoms with Gasteiger partial charge in [0.15, 0.2) is 5.76 Å². The van der Waals surface area contributed by atoms with Gasteiger partial charge in [-0.05, 0) is 36.4 Å². The fourth-order valence-corrected chi connectivity index (χ4v) is 3.77. The van der Waals surface area contributed by atoms with Crippen LogP contribution in [0.25, 0.3) is 11.3 Å². The lowest BCUT2D eigenvalue weighted by Crippen LogP contribution is -2.14. The van der Waals surface area contributed by atoms with Crippen LogP contribution in [0.5, 0.6) is 5.75 Å². The smallest absolute Gasteiger partial charge is 0.416 e. The molecule has 2 heterocycles. The topological polar surface area (TPSA) is 81.4 Å². The summed E-state index contributed by atoms with van der Waals surface area (Å²) in [5.74, 6) is 0.824. The van der Waals surface area contributed by atoms with Crippen molar-refractivity contribution in [3.8, 4) is 17.1 Å². The number of rotatable bonds is 3. The number of benzene rings is 2. The van der Waals surface area contributed by atoms with E-state index in [0.29, 0.717) is 22.6 Å². The van der Waals surface area contributed by atoms with Crippen LogP contribution in [0, 0.1) is 0 Å². The lowest BCUT2D eigenvalue weighted by atomic mass is 10.1. The summed E-state index contributed by atoms with van der Waals surface area (Å²) in [5.41, 5.74) is -0.0736. The number of sulfonamides is 1. The van der Waals surface area contributed by atoms with Gasteiger partial charge in [-0.2, -0.15) is 13.2 Å². The second kappa shape index (κ2) is 6.02. The van der Waals surface area contributed by atoms with E-state index in [0.717, 1.165) is 18.2 Å². The zero-order chi connectivity index (χ0) is 19.2. The van der Waals surface area contributed by atoms with Crippen molar-refractivity contribution < 1.29 is 30.8 Å². The van der Waals surface area contributed by atoms with Gasteiger partial charge >= 0.3 is 6.18 Å². The molecular formula is C17H11F3N2O4S. The summed E-state index contributed by atoms with van der Waals surface area (Å²) in [4.78, 5) is -0.147. The Labute approximate surface area is 151 Å². The molecule has 0 aliphatic carbocycles. The summed E-state index contributed by atoms with van der Waals surface area (Å²) < 4.78 is 76.5. The van der Waals surface area contributed by atoms with Crippen molar-refractivity contribution in [2.75, 3.05) is 4.72 Å². The summed E-state index contributed by atoms with van der Waals surface area (Å²) >= 11 is 0. The first kappa shape index (κ1) is 17.4. The number of aromatic nitrogens is 1. The molecular weight excluding hydrogens is 385 g/mol. The van der Waals surface area contributed by atoms with E-state index in [1.807, 2.05) is 0 Å². The number of anilines is 1. The number of ether oxygens (including phenoxy) is 1. The average Bonchev–Trinajstić information content (AvgIpc) is 3.09. The maximum atomic E-state index is 12.8. The number of fused-ring (bicyclic) bond motifs is 3. The third-order valence-electron chi connectivity index (χ3n) is 3.98. The number of hydrogen-bond acceptors (Lipinski definition) is 5. The molecule has 4 rings (SSSR count). The van der Waals surface area contributed by atoms with E-state index in [-0.39, 0.29) is 17.2 Å². The minimum atomic E-state index is -4.58. The molecule has 10 heteroatoms. The molecule has 0 bridgehead atoms. The van der Waals surface area contributed by atoms with Gasteiger partial charge in [0.1, 0.15) is 12.4 Å². The van der Waals surface area contributed by atoms with Crippen LogP contribution < -0.4 is 9.46 Å². The zero-order valence-corrected chi connectivity index (χ0v) is 14.3. The monoisotopic (exact) mass is 396 g/mol. The number of nitrogens with one attached hydrogen (secondary N) is 1. The van der Waals surface area contributed by atoms with Crippen LogP contribution in [0.4, 0.5) is 18.9 Å². The molecule has 0 saturated heterocycles. The Morgan fingerprint density at radius 3 is 2.70 bits per heavy atom. The van der Waals surface area contributed by atoms with Crippen LogP contribution >= 0.6 is 0 Å². The molecule has 1 aliphatic rings. The Bertz CT molecular complexity index is 1120. The Hall–Kier alpha value is -3.01. The van der Waals surface area contributed by atoms with Crippen molar-refractivity contribution >= 4 is 15.7 Å². The molecule has 0 saturated carbocycles. The standard InChI is InChI=1S/C17H11F3N2O4S/c18-17(19,20)11-2-1-3-12(6-11)22-27(23,24)13-4-5-15-14(7-13)16-10(9-25-15)8-21-26-16/h1-8,22H,9H2. The van der Waals surface area contributed by atoms with Gasteiger partial charge in [0.25, 0.3) is 10.0 Å². The van der Waals surface area contributed by atoms with Gasteiger partial charge in [0, 0.05) is 5.69 Å². The molecule has 0 amide bonds. The molecule has 6 nitrogen and oxygen atoms in total. The number of hydrogen-bond donors (Lipinski definition) is 1. The van der Waals surface area contributed by atoms with Crippen molar-refractivity contribution in [1.29, 1.82) is 0 Å². The highest BCUT2D eigenvalue weighted by Crippen LogP contribution is 2.39. The van der Waals surface area contributed by atoms with Crippen LogP contribution in [0.15, 0.2) is 58.1 Å². The van der Waals surface area contributed by atoms with Gasteiger partial charge in [-0.25, -0.2) is 8.42 Å².